The Hall–Kier alpha value is -0.350. The Morgan fingerprint density at radius 2 is 2.55 bits per heavy atom. The fourth-order valence-corrected chi connectivity index (χ4v) is 1.18. The van der Waals surface area contributed by atoms with Gasteiger partial charge in [0, 0.05) is 12.8 Å². The Kier molecular flexibility index (Phi) is 3.08. The summed E-state index contributed by atoms with van der Waals surface area (Å²) in [6.07, 6.45) is 4.39. The molecule has 0 aliphatic rings. The van der Waals surface area contributed by atoms with Crippen LogP contribution >= 0.6 is 15.9 Å². The smallest absolute Gasteiger partial charge is 0.0632 e. The molecule has 1 rings (SSSR count). The summed E-state index contributed by atoms with van der Waals surface area (Å²) in [6, 6.07) is 0.270. The number of aliphatic hydroxyl groups excluding tert-OH is 1. The Labute approximate surface area is 74.2 Å². The van der Waals surface area contributed by atoms with Gasteiger partial charge in [-0.1, -0.05) is 0 Å². The van der Waals surface area contributed by atoms with E-state index >= 15 is 0 Å². The van der Waals surface area contributed by atoms with Crippen molar-refractivity contribution in [2.45, 2.75) is 19.4 Å². The van der Waals surface area contributed by atoms with Gasteiger partial charge in [0.2, 0.25) is 0 Å². The SMILES string of the molecule is C[C@H](CCO)n1cc(Br)cn1. The van der Waals surface area contributed by atoms with Gasteiger partial charge in [0.1, 0.15) is 0 Å². The van der Waals surface area contributed by atoms with Crippen molar-refractivity contribution in [1.29, 1.82) is 0 Å². The van der Waals surface area contributed by atoms with Gasteiger partial charge in [0.15, 0.2) is 0 Å². The molecule has 1 N–H and O–H groups in total. The van der Waals surface area contributed by atoms with Crippen LogP contribution in [0.1, 0.15) is 19.4 Å². The van der Waals surface area contributed by atoms with E-state index in [1.54, 1.807) is 6.20 Å². The lowest BCUT2D eigenvalue weighted by Gasteiger charge is -2.08. The first-order valence-corrected chi connectivity index (χ1v) is 4.34. The molecular weight excluding hydrogens is 208 g/mol. The van der Waals surface area contributed by atoms with Crippen molar-refractivity contribution in [1.82, 2.24) is 9.78 Å². The van der Waals surface area contributed by atoms with E-state index < -0.39 is 0 Å². The molecule has 0 saturated carbocycles. The average molecular weight is 219 g/mol. The average Bonchev–Trinajstić information content (AvgIpc) is 2.36. The molecule has 0 fully saturated rings. The molecule has 0 spiro atoms. The number of rotatable bonds is 3. The second kappa shape index (κ2) is 3.88. The third kappa shape index (κ3) is 2.31. The van der Waals surface area contributed by atoms with Gasteiger partial charge in [-0.15, -0.1) is 0 Å². The first-order chi connectivity index (χ1) is 5.24. The summed E-state index contributed by atoms with van der Waals surface area (Å²) >= 11 is 3.31. The monoisotopic (exact) mass is 218 g/mol. The molecule has 11 heavy (non-hydrogen) atoms. The normalized spacial score (nSPS) is 13.4. The molecule has 0 aliphatic heterocycles. The summed E-state index contributed by atoms with van der Waals surface area (Å²) in [5.41, 5.74) is 0. The molecule has 3 nitrogen and oxygen atoms in total. The molecule has 0 saturated heterocycles. The molecule has 0 unspecified atom stereocenters. The van der Waals surface area contributed by atoms with Crippen molar-refractivity contribution in [3.8, 4) is 0 Å². The first kappa shape index (κ1) is 8.74. The lowest BCUT2D eigenvalue weighted by Crippen LogP contribution is -2.06. The van der Waals surface area contributed by atoms with Crippen LogP contribution in [0.5, 0.6) is 0 Å². The zero-order valence-electron chi connectivity index (χ0n) is 6.37. The number of aromatic nitrogens is 2. The summed E-state index contributed by atoms with van der Waals surface area (Å²) in [5.74, 6) is 0. The highest BCUT2D eigenvalue weighted by atomic mass is 79.9. The van der Waals surface area contributed by atoms with E-state index in [0.29, 0.717) is 0 Å². The lowest BCUT2D eigenvalue weighted by atomic mass is 10.2. The Bertz CT molecular complexity index is 224. The van der Waals surface area contributed by atoms with Crippen LogP contribution in [-0.2, 0) is 0 Å². The summed E-state index contributed by atoms with van der Waals surface area (Å²) in [6.45, 7) is 2.23. The van der Waals surface area contributed by atoms with E-state index in [2.05, 4.69) is 21.0 Å². The van der Waals surface area contributed by atoms with E-state index in [1.165, 1.54) is 0 Å². The van der Waals surface area contributed by atoms with Crippen LogP contribution in [0.3, 0.4) is 0 Å². The second-order valence-corrected chi connectivity index (χ2v) is 3.42. The van der Waals surface area contributed by atoms with E-state index in [4.69, 9.17) is 5.11 Å². The zero-order chi connectivity index (χ0) is 8.27. The highest BCUT2D eigenvalue weighted by molar-refractivity contribution is 9.10. The molecule has 1 heterocycles. The maximum Gasteiger partial charge on any atom is 0.0632 e. The molecule has 0 bridgehead atoms. The molecule has 62 valence electrons. The highest BCUT2D eigenvalue weighted by Crippen LogP contribution is 2.13. The minimum Gasteiger partial charge on any atom is -0.396 e. The van der Waals surface area contributed by atoms with Gasteiger partial charge in [-0.05, 0) is 29.3 Å². The van der Waals surface area contributed by atoms with Crippen LogP contribution in [0.2, 0.25) is 0 Å². The molecule has 1 aromatic heterocycles. The Morgan fingerprint density at radius 3 is 3.00 bits per heavy atom. The largest absolute Gasteiger partial charge is 0.396 e. The maximum absolute atomic E-state index is 8.65. The topological polar surface area (TPSA) is 38.0 Å². The van der Waals surface area contributed by atoms with Crippen LogP contribution in [0.4, 0.5) is 0 Å². The van der Waals surface area contributed by atoms with Gasteiger partial charge < -0.3 is 5.11 Å². The predicted molar refractivity (Wildman–Crippen MR) is 46.3 cm³/mol. The lowest BCUT2D eigenvalue weighted by molar-refractivity contribution is 0.257. The number of aliphatic hydroxyl groups is 1. The summed E-state index contributed by atoms with van der Waals surface area (Å²) in [4.78, 5) is 0. The highest BCUT2D eigenvalue weighted by Gasteiger charge is 2.03. The molecule has 0 amide bonds. The zero-order valence-corrected chi connectivity index (χ0v) is 7.95. The second-order valence-electron chi connectivity index (χ2n) is 2.50. The molecule has 0 aliphatic carbocycles. The van der Waals surface area contributed by atoms with Gasteiger partial charge in [-0.3, -0.25) is 4.68 Å². The number of nitrogens with zero attached hydrogens (tertiary/aromatic N) is 2. The maximum atomic E-state index is 8.65. The molecule has 1 atom stereocenters. The van der Waals surface area contributed by atoms with Gasteiger partial charge in [-0.25, -0.2) is 0 Å². The Balaban J connectivity index is 2.60. The minimum absolute atomic E-state index is 0.207. The summed E-state index contributed by atoms with van der Waals surface area (Å²) in [7, 11) is 0. The van der Waals surface area contributed by atoms with Crippen LogP contribution in [-0.4, -0.2) is 21.5 Å². The van der Waals surface area contributed by atoms with Gasteiger partial charge >= 0.3 is 0 Å². The minimum atomic E-state index is 0.207. The number of hydrogen-bond acceptors (Lipinski definition) is 2. The molecular formula is C7H11BrN2O. The van der Waals surface area contributed by atoms with E-state index in [9.17, 15) is 0 Å². The number of halogens is 1. The van der Waals surface area contributed by atoms with Gasteiger partial charge in [0.25, 0.3) is 0 Å². The first-order valence-electron chi connectivity index (χ1n) is 3.54. The van der Waals surface area contributed by atoms with Crippen LogP contribution in [0, 0.1) is 0 Å². The third-order valence-corrected chi connectivity index (χ3v) is 1.98. The van der Waals surface area contributed by atoms with E-state index in [0.717, 1.165) is 10.9 Å². The fourth-order valence-electron chi connectivity index (χ4n) is 0.875. The molecule has 0 radical (unpaired) electrons. The van der Waals surface area contributed by atoms with Crippen molar-refractivity contribution in [3.05, 3.63) is 16.9 Å². The standard InChI is InChI=1S/C7H11BrN2O/c1-6(2-3-11)10-5-7(8)4-9-10/h4-6,11H,2-3H2,1H3/t6-/m1/s1. The summed E-state index contributed by atoms with van der Waals surface area (Å²) < 4.78 is 2.81. The molecule has 4 heteroatoms. The van der Waals surface area contributed by atoms with Crippen molar-refractivity contribution in [2.75, 3.05) is 6.61 Å². The van der Waals surface area contributed by atoms with Crippen molar-refractivity contribution >= 4 is 15.9 Å². The predicted octanol–water partition coefficient (Wildman–Crippen LogP) is 1.59. The van der Waals surface area contributed by atoms with E-state index in [-0.39, 0.29) is 12.6 Å². The third-order valence-electron chi connectivity index (χ3n) is 1.57. The fraction of sp³-hybridized carbons (Fsp3) is 0.571. The summed E-state index contributed by atoms with van der Waals surface area (Å²) in [5, 5.41) is 12.7. The van der Waals surface area contributed by atoms with Crippen molar-refractivity contribution in [2.24, 2.45) is 0 Å². The van der Waals surface area contributed by atoms with Crippen molar-refractivity contribution in [3.63, 3.8) is 0 Å². The quantitative estimate of drug-likeness (QED) is 0.838. The molecule has 0 aromatic carbocycles. The van der Waals surface area contributed by atoms with Gasteiger partial charge in [-0.2, -0.15) is 5.10 Å². The van der Waals surface area contributed by atoms with Gasteiger partial charge in [0.05, 0.1) is 16.7 Å². The molecule has 1 aromatic rings. The van der Waals surface area contributed by atoms with Crippen LogP contribution in [0.25, 0.3) is 0 Å². The van der Waals surface area contributed by atoms with Crippen molar-refractivity contribution < 1.29 is 5.11 Å². The Morgan fingerprint density at radius 1 is 1.82 bits per heavy atom. The van der Waals surface area contributed by atoms with Crippen LogP contribution < -0.4 is 0 Å². The number of hydrogen-bond donors (Lipinski definition) is 1. The van der Waals surface area contributed by atoms with Crippen LogP contribution in [0.15, 0.2) is 16.9 Å². The van der Waals surface area contributed by atoms with E-state index in [1.807, 2.05) is 17.8 Å².